The molecule has 0 aliphatic rings. The van der Waals surface area contributed by atoms with Crippen molar-refractivity contribution in [2.45, 2.75) is 33.4 Å². The molecule has 1 atom stereocenters. The zero-order valence-corrected chi connectivity index (χ0v) is 13.3. The van der Waals surface area contributed by atoms with Crippen molar-refractivity contribution in [2.24, 2.45) is 0 Å². The molecule has 1 N–H and O–H groups in total. The molecule has 0 saturated carbocycles. The van der Waals surface area contributed by atoms with Gasteiger partial charge in [0.25, 0.3) is 0 Å². The molecule has 2 heteroatoms. The third-order valence-electron chi connectivity index (χ3n) is 3.45. The summed E-state index contributed by atoms with van der Waals surface area (Å²) < 4.78 is 1.13. The van der Waals surface area contributed by atoms with Crippen LogP contribution in [-0.4, -0.2) is 0 Å². The molecule has 2 aromatic rings. The number of rotatable bonds is 4. The van der Waals surface area contributed by atoms with Gasteiger partial charge < -0.3 is 5.32 Å². The summed E-state index contributed by atoms with van der Waals surface area (Å²) in [6.45, 7) is 7.41. The van der Waals surface area contributed by atoms with Crippen molar-refractivity contribution in [2.75, 3.05) is 0 Å². The molecule has 0 aromatic heterocycles. The summed E-state index contributed by atoms with van der Waals surface area (Å²) in [5, 5.41) is 3.58. The van der Waals surface area contributed by atoms with Crippen molar-refractivity contribution in [1.82, 2.24) is 5.32 Å². The molecule has 0 bridgehead atoms. The monoisotopic (exact) mass is 317 g/mol. The van der Waals surface area contributed by atoms with Crippen LogP contribution in [0.3, 0.4) is 0 Å². The Kier molecular flexibility index (Phi) is 4.78. The number of halogens is 1. The van der Waals surface area contributed by atoms with E-state index in [9.17, 15) is 0 Å². The van der Waals surface area contributed by atoms with Gasteiger partial charge in [-0.2, -0.15) is 0 Å². The zero-order valence-electron chi connectivity index (χ0n) is 11.7. The second-order valence-electron chi connectivity index (χ2n) is 5.09. The van der Waals surface area contributed by atoms with Crippen LogP contribution in [0.4, 0.5) is 0 Å². The summed E-state index contributed by atoms with van der Waals surface area (Å²) in [5.74, 6) is 0. The zero-order chi connectivity index (χ0) is 13.8. The molecule has 100 valence electrons. The van der Waals surface area contributed by atoms with E-state index in [0.29, 0.717) is 6.04 Å². The lowest BCUT2D eigenvalue weighted by atomic mass is 10.0. The maximum atomic E-state index is 3.58. The summed E-state index contributed by atoms with van der Waals surface area (Å²) >= 11 is 3.52. The molecule has 0 amide bonds. The molecule has 0 spiro atoms. The van der Waals surface area contributed by atoms with Gasteiger partial charge in [0.2, 0.25) is 0 Å². The predicted molar refractivity (Wildman–Crippen MR) is 85.3 cm³/mol. The van der Waals surface area contributed by atoms with Crippen LogP contribution in [-0.2, 0) is 6.54 Å². The SMILES string of the molecule is Cc1ccc(CNC(C)c2cccc(Br)c2)c(C)c1. The van der Waals surface area contributed by atoms with E-state index in [1.54, 1.807) is 0 Å². The second kappa shape index (κ2) is 6.36. The first kappa shape index (κ1) is 14.3. The molecule has 0 fully saturated rings. The Morgan fingerprint density at radius 2 is 1.89 bits per heavy atom. The van der Waals surface area contributed by atoms with Gasteiger partial charge in [-0.25, -0.2) is 0 Å². The van der Waals surface area contributed by atoms with Crippen LogP contribution in [0.1, 0.15) is 35.2 Å². The lowest BCUT2D eigenvalue weighted by molar-refractivity contribution is 0.573. The topological polar surface area (TPSA) is 12.0 Å². The van der Waals surface area contributed by atoms with Gasteiger partial charge in [0.05, 0.1) is 0 Å². The number of hydrogen-bond donors (Lipinski definition) is 1. The Bertz CT molecular complexity index is 563. The third kappa shape index (κ3) is 3.92. The molecular formula is C17H20BrN. The smallest absolute Gasteiger partial charge is 0.0295 e. The summed E-state index contributed by atoms with van der Waals surface area (Å²) in [4.78, 5) is 0. The fourth-order valence-corrected chi connectivity index (χ4v) is 2.62. The first-order valence-corrected chi connectivity index (χ1v) is 7.40. The van der Waals surface area contributed by atoms with Crippen molar-refractivity contribution in [3.63, 3.8) is 0 Å². The maximum absolute atomic E-state index is 3.58. The van der Waals surface area contributed by atoms with Crippen LogP contribution < -0.4 is 5.32 Å². The first-order valence-electron chi connectivity index (χ1n) is 6.61. The number of benzene rings is 2. The van der Waals surface area contributed by atoms with Crippen LogP contribution in [0.2, 0.25) is 0 Å². The van der Waals surface area contributed by atoms with E-state index < -0.39 is 0 Å². The highest BCUT2D eigenvalue weighted by Crippen LogP contribution is 2.19. The minimum atomic E-state index is 0.346. The Balaban J connectivity index is 2.02. The quantitative estimate of drug-likeness (QED) is 0.844. The Labute approximate surface area is 124 Å². The van der Waals surface area contributed by atoms with Crippen molar-refractivity contribution >= 4 is 15.9 Å². The van der Waals surface area contributed by atoms with Crippen LogP contribution in [0, 0.1) is 13.8 Å². The van der Waals surface area contributed by atoms with Crippen molar-refractivity contribution in [3.05, 3.63) is 69.2 Å². The normalized spacial score (nSPS) is 12.4. The van der Waals surface area contributed by atoms with Gasteiger partial charge in [0, 0.05) is 17.1 Å². The lowest BCUT2D eigenvalue weighted by Crippen LogP contribution is -2.18. The number of hydrogen-bond acceptors (Lipinski definition) is 1. The molecule has 0 radical (unpaired) electrons. The third-order valence-corrected chi connectivity index (χ3v) is 3.94. The Hall–Kier alpha value is -1.12. The largest absolute Gasteiger partial charge is 0.306 e. The summed E-state index contributed by atoms with van der Waals surface area (Å²) in [6, 6.07) is 15.4. The van der Waals surface area contributed by atoms with E-state index in [1.165, 1.54) is 22.3 Å². The highest BCUT2D eigenvalue weighted by molar-refractivity contribution is 9.10. The number of nitrogens with one attached hydrogen (secondary N) is 1. The van der Waals surface area contributed by atoms with Gasteiger partial charge in [-0.15, -0.1) is 0 Å². The van der Waals surface area contributed by atoms with Crippen molar-refractivity contribution in [3.8, 4) is 0 Å². The van der Waals surface area contributed by atoms with Gasteiger partial charge in [0.15, 0.2) is 0 Å². The summed E-state index contributed by atoms with van der Waals surface area (Å²) in [5.41, 5.74) is 5.35. The molecule has 0 heterocycles. The van der Waals surface area contributed by atoms with Crippen LogP contribution in [0.15, 0.2) is 46.9 Å². The molecule has 1 unspecified atom stereocenters. The van der Waals surface area contributed by atoms with E-state index in [-0.39, 0.29) is 0 Å². The van der Waals surface area contributed by atoms with Gasteiger partial charge in [-0.3, -0.25) is 0 Å². The van der Waals surface area contributed by atoms with Gasteiger partial charge in [-0.05, 0) is 49.6 Å². The Morgan fingerprint density at radius 1 is 1.11 bits per heavy atom. The van der Waals surface area contributed by atoms with Crippen molar-refractivity contribution in [1.29, 1.82) is 0 Å². The molecule has 0 aliphatic carbocycles. The van der Waals surface area contributed by atoms with Crippen LogP contribution in [0.5, 0.6) is 0 Å². The average Bonchev–Trinajstić information content (AvgIpc) is 2.37. The average molecular weight is 318 g/mol. The lowest BCUT2D eigenvalue weighted by Gasteiger charge is -2.16. The van der Waals surface area contributed by atoms with E-state index in [1.807, 2.05) is 0 Å². The molecule has 0 aliphatic heterocycles. The van der Waals surface area contributed by atoms with Gasteiger partial charge in [-0.1, -0.05) is 51.8 Å². The second-order valence-corrected chi connectivity index (χ2v) is 6.00. The summed E-state index contributed by atoms with van der Waals surface area (Å²) in [6.07, 6.45) is 0. The molecule has 19 heavy (non-hydrogen) atoms. The minimum Gasteiger partial charge on any atom is -0.306 e. The van der Waals surface area contributed by atoms with Gasteiger partial charge in [0.1, 0.15) is 0 Å². The van der Waals surface area contributed by atoms with Gasteiger partial charge >= 0.3 is 0 Å². The van der Waals surface area contributed by atoms with E-state index in [2.05, 4.69) is 84.5 Å². The van der Waals surface area contributed by atoms with E-state index in [0.717, 1.165) is 11.0 Å². The molecule has 1 nitrogen and oxygen atoms in total. The first-order chi connectivity index (χ1) is 9.06. The molecular weight excluding hydrogens is 298 g/mol. The standard InChI is InChI=1S/C17H20BrN/c1-12-7-8-16(13(2)9-12)11-19-14(3)15-5-4-6-17(18)10-15/h4-10,14,19H,11H2,1-3H3. The molecule has 2 rings (SSSR count). The highest BCUT2D eigenvalue weighted by atomic mass is 79.9. The highest BCUT2D eigenvalue weighted by Gasteiger charge is 2.06. The van der Waals surface area contributed by atoms with Crippen molar-refractivity contribution < 1.29 is 0 Å². The molecule has 0 saturated heterocycles. The van der Waals surface area contributed by atoms with E-state index in [4.69, 9.17) is 0 Å². The fourth-order valence-electron chi connectivity index (χ4n) is 2.20. The van der Waals surface area contributed by atoms with Crippen LogP contribution in [0.25, 0.3) is 0 Å². The minimum absolute atomic E-state index is 0.346. The molecule has 2 aromatic carbocycles. The predicted octanol–water partition coefficient (Wildman–Crippen LogP) is 4.92. The van der Waals surface area contributed by atoms with E-state index >= 15 is 0 Å². The number of aryl methyl sites for hydroxylation is 2. The maximum Gasteiger partial charge on any atom is 0.0295 e. The fraction of sp³-hybridized carbons (Fsp3) is 0.294. The summed E-state index contributed by atoms with van der Waals surface area (Å²) in [7, 11) is 0. The van der Waals surface area contributed by atoms with Crippen LogP contribution >= 0.6 is 15.9 Å². The Morgan fingerprint density at radius 3 is 2.58 bits per heavy atom.